The van der Waals surface area contributed by atoms with Crippen molar-refractivity contribution in [3.63, 3.8) is 0 Å². The molecule has 1 fully saturated rings. The van der Waals surface area contributed by atoms with Crippen LogP contribution in [0.2, 0.25) is 0 Å². The third kappa shape index (κ3) is 4.96. The van der Waals surface area contributed by atoms with Crippen molar-refractivity contribution in [2.75, 3.05) is 44.6 Å². The highest BCUT2D eigenvalue weighted by Gasteiger charge is 2.20. The van der Waals surface area contributed by atoms with E-state index in [0.717, 1.165) is 42.9 Å². The van der Waals surface area contributed by atoms with E-state index in [2.05, 4.69) is 15.3 Å². The molecule has 2 aromatic carbocycles. The van der Waals surface area contributed by atoms with Gasteiger partial charge in [-0.15, -0.1) is 0 Å². The van der Waals surface area contributed by atoms with Crippen LogP contribution in [0.1, 0.15) is 23.3 Å². The van der Waals surface area contributed by atoms with E-state index in [-0.39, 0.29) is 12.0 Å². The number of hydrogen-bond acceptors (Lipinski definition) is 6. The SMILES string of the molecule is COc1ccc(OC)c(-c2cc(C(=O)Nc3ccc(N4CCCC(OC)C4)cc3)n(C)n2)c1. The second-order valence-corrected chi connectivity index (χ2v) is 8.05. The first kappa shape index (κ1) is 22.7. The molecule has 1 amide bonds. The molecular weight excluding hydrogens is 420 g/mol. The third-order valence-electron chi connectivity index (χ3n) is 6.00. The molecule has 1 atom stereocenters. The number of rotatable bonds is 7. The maximum Gasteiger partial charge on any atom is 0.273 e. The molecule has 1 unspecified atom stereocenters. The highest BCUT2D eigenvalue weighted by Crippen LogP contribution is 2.33. The summed E-state index contributed by atoms with van der Waals surface area (Å²) in [5.41, 5.74) is 3.68. The monoisotopic (exact) mass is 450 g/mol. The fourth-order valence-electron chi connectivity index (χ4n) is 4.14. The van der Waals surface area contributed by atoms with Crippen molar-refractivity contribution in [2.24, 2.45) is 7.05 Å². The van der Waals surface area contributed by atoms with E-state index in [1.54, 1.807) is 39.1 Å². The molecule has 1 aromatic heterocycles. The fourth-order valence-corrected chi connectivity index (χ4v) is 4.14. The van der Waals surface area contributed by atoms with Crippen LogP contribution in [0.25, 0.3) is 11.3 Å². The standard InChI is InChI=1S/C25H30N4O4/c1-28-23(15-22(27-28)21-14-19(31-2)11-12-24(21)33-4)25(30)26-17-7-9-18(10-8-17)29-13-5-6-20(16-29)32-3/h7-12,14-15,20H,5-6,13,16H2,1-4H3,(H,26,30). The lowest BCUT2D eigenvalue weighted by Gasteiger charge is -2.33. The van der Waals surface area contributed by atoms with Gasteiger partial charge < -0.3 is 24.4 Å². The summed E-state index contributed by atoms with van der Waals surface area (Å²) in [6.45, 7) is 1.89. The summed E-state index contributed by atoms with van der Waals surface area (Å²) in [5.74, 6) is 1.11. The Morgan fingerprint density at radius 1 is 1.06 bits per heavy atom. The number of ether oxygens (including phenoxy) is 3. The Labute approximate surface area is 194 Å². The van der Waals surface area contributed by atoms with Gasteiger partial charge >= 0.3 is 0 Å². The van der Waals surface area contributed by atoms with Gasteiger partial charge in [-0.05, 0) is 61.4 Å². The second kappa shape index (κ2) is 9.95. The van der Waals surface area contributed by atoms with Crippen LogP contribution in [0, 0.1) is 0 Å². The molecule has 33 heavy (non-hydrogen) atoms. The summed E-state index contributed by atoms with van der Waals surface area (Å²) in [6.07, 6.45) is 2.47. The van der Waals surface area contributed by atoms with Gasteiger partial charge in [-0.1, -0.05) is 0 Å². The zero-order valence-corrected chi connectivity index (χ0v) is 19.5. The van der Waals surface area contributed by atoms with E-state index >= 15 is 0 Å². The number of piperidine rings is 1. The molecule has 3 aromatic rings. The van der Waals surface area contributed by atoms with Gasteiger partial charge in [-0.3, -0.25) is 9.48 Å². The number of benzene rings is 2. The van der Waals surface area contributed by atoms with Crippen molar-refractivity contribution in [2.45, 2.75) is 18.9 Å². The van der Waals surface area contributed by atoms with E-state index in [9.17, 15) is 4.79 Å². The molecule has 1 saturated heterocycles. The zero-order chi connectivity index (χ0) is 23.4. The molecule has 1 aliphatic heterocycles. The maximum absolute atomic E-state index is 13.0. The molecule has 0 saturated carbocycles. The van der Waals surface area contributed by atoms with E-state index < -0.39 is 0 Å². The highest BCUT2D eigenvalue weighted by molar-refractivity contribution is 6.03. The van der Waals surface area contributed by atoms with Crippen LogP contribution >= 0.6 is 0 Å². The van der Waals surface area contributed by atoms with Crippen molar-refractivity contribution >= 4 is 17.3 Å². The topological polar surface area (TPSA) is 77.9 Å². The van der Waals surface area contributed by atoms with Crippen LogP contribution in [0.15, 0.2) is 48.5 Å². The maximum atomic E-state index is 13.0. The van der Waals surface area contributed by atoms with Crippen LogP contribution in [0.3, 0.4) is 0 Å². The first-order valence-corrected chi connectivity index (χ1v) is 11.0. The number of aromatic nitrogens is 2. The molecule has 1 N–H and O–H groups in total. The van der Waals surface area contributed by atoms with Crippen LogP contribution in [-0.2, 0) is 11.8 Å². The number of aryl methyl sites for hydroxylation is 1. The molecule has 1 aliphatic rings. The molecule has 0 spiro atoms. The molecule has 8 heteroatoms. The Balaban J connectivity index is 1.49. The lowest BCUT2D eigenvalue weighted by Crippen LogP contribution is -2.39. The number of carbonyl (C=O) groups excluding carboxylic acids is 1. The summed E-state index contributed by atoms with van der Waals surface area (Å²) < 4.78 is 17.9. The number of amides is 1. The normalized spacial score (nSPS) is 15.9. The first-order valence-electron chi connectivity index (χ1n) is 11.0. The predicted molar refractivity (Wildman–Crippen MR) is 128 cm³/mol. The lowest BCUT2D eigenvalue weighted by atomic mass is 10.1. The predicted octanol–water partition coefficient (Wildman–Crippen LogP) is 3.97. The quantitative estimate of drug-likeness (QED) is 0.587. The second-order valence-electron chi connectivity index (χ2n) is 8.05. The molecule has 174 valence electrons. The number of nitrogens with one attached hydrogen (secondary N) is 1. The average molecular weight is 451 g/mol. The van der Waals surface area contributed by atoms with Crippen molar-refractivity contribution in [1.29, 1.82) is 0 Å². The molecule has 0 radical (unpaired) electrons. The third-order valence-corrected chi connectivity index (χ3v) is 6.00. The van der Waals surface area contributed by atoms with Gasteiger partial charge in [-0.2, -0.15) is 5.10 Å². The summed E-state index contributed by atoms with van der Waals surface area (Å²) in [5, 5.41) is 7.49. The highest BCUT2D eigenvalue weighted by atomic mass is 16.5. The number of anilines is 2. The Hall–Kier alpha value is -3.52. The Bertz CT molecular complexity index is 1110. The van der Waals surface area contributed by atoms with Crippen LogP contribution in [0.5, 0.6) is 11.5 Å². The molecule has 0 aliphatic carbocycles. The minimum absolute atomic E-state index is 0.233. The summed E-state index contributed by atoms with van der Waals surface area (Å²) >= 11 is 0. The minimum atomic E-state index is -0.233. The summed E-state index contributed by atoms with van der Waals surface area (Å²) in [6, 6.07) is 15.1. The number of carbonyl (C=O) groups is 1. The van der Waals surface area contributed by atoms with E-state index in [1.165, 1.54) is 0 Å². The van der Waals surface area contributed by atoms with Crippen molar-refractivity contribution in [1.82, 2.24) is 9.78 Å². The van der Waals surface area contributed by atoms with E-state index in [0.29, 0.717) is 22.9 Å². The molecule has 8 nitrogen and oxygen atoms in total. The Morgan fingerprint density at radius 3 is 2.55 bits per heavy atom. The lowest BCUT2D eigenvalue weighted by molar-refractivity contribution is 0.0893. The van der Waals surface area contributed by atoms with E-state index in [1.807, 2.05) is 42.5 Å². The van der Waals surface area contributed by atoms with Gasteiger partial charge in [0.15, 0.2) is 0 Å². The Morgan fingerprint density at radius 2 is 1.85 bits per heavy atom. The van der Waals surface area contributed by atoms with Crippen molar-refractivity contribution < 1.29 is 19.0 Å². The molecular formula is C25H30N4O4. The zero-order valence-electron chi connectivity index (χ0n) is 19.5. The van der Waals surface area contributed by atoms with Gasteiger partial charge in [-0.25, -0.2) is 0 Å². The van der Waals surface area contributed by atoms with E-state index in [4.69, 9.17) is 14.2 Å². The number of hydrogen-bond donors (Lipinski definition) is 1. The van der Waals surface area contributed by atoms with Gasteiger partial charge in [0, 0.05) is 44.2 Å². The fraction of sp³-hybridized carbons (Fsp3) is 0.360. The molecule has 2 heterocycles. The summed E-state index contributed by atoms with van der Waals surface area (Å²) in [7, 11) is 6.72. The number of nitrogens with zero attached hydrogens (tertiary/aromatic N) is 3. The van der Waals surface area contributed by atoms with Crippen molar-refractivity contribution in [3.8, 4) is 22.8 Å². The smallest absolute Gasteiger partial charge is 0.273 e. The first-order chi connectivity index (χ1) is 16.0. The van der Waals surface area contributed by atoms with Crippen LogP contribution < -0.4 is 19.7 Å². The Kier molecular flexibility index (Phi) is 6.84. The van der Waals surface area contributed by atoms with Crippen LogP contribution in [0.4, 0.5) is 11.4 Å². The molecule has 0 bridgehead atoms. The summed E-state index contributed by atoms with van der Waals surface area (Å²) in [4.78, 5) is 15.3. The minimum Gasteiger partial charge on any atom is -0.497 e. The van der Waals surface area contributed by atoms with Gasteiger partial charge in [0.1, 0.15) is 17.2 Å². The number of methoxy groups -OCH3 is 3. The van der Waals surface area contributed by atoms with Gasteiger partial charge in [0.2, 0.25) is 0 Å². The van der Waals surface area contributed by atoms with Crippen LogP contribution in [-0.4, -0.2) is 56.2 Å². The largest absolute Gasteiger partial charge is 0.497 e. The molecule has 4 rings (SSSR count). The van der Waals surface area contributed by atoms with Gasteiger partial charge in [0.05, 0.1) is 26.0 Å². The average Bonchev–Trinajstić information content (AvgIpc) is 3.25. The van der Waals surface area contributed by atoms with Crippen molar-refractivity contribution in [3.05, 3.63) is 54.2 Å². The van der Waals surface area contributed by atoms with Gasteiger partial charge in [0.25, 0.3) is 5.91 Å².